The molecule has 0 aromatic rings. The molecule has 11 heavy (non-hydrogen) atoms. The van der Waals surface area contributed by atoms with Gasteiger partial charge in [0.25, 0.3) is 0 Å². The topological polar surface area (TPSA) is 43.4 Å². The van der Waals surface area contributed by atoms with Crippen molar-refractivity contribution in [2.24, 2.45) is 0 Å². The van der Waals surface area contributed by atoms with E-state index in [1.165, 1.54) is 0 Å². The SMILES string of the molecule is CC1C=CN2C(=O)C[C@H]2[S+]1[O-]. The van der Waals surface area contributed by atoms with Gasteiger partial charge in [0, 0.05) is 6.20 Å². The maximum atomic E-state index is 11.4. The first kappa shape index (κ1) is 7.18. The summed E-state index contributed by atoms with van der Waals surface area (Å²) in [5.74, 6) is 0.0894. The lowest BCUT2D eigenvalue weighted by molar-refractivity contribution is -0.138. The van der Waals surface area contributed by atoms with Crippen LogP contribution in [0.1, 0.15) is 13.3 Å². The second kappa shape index (κ2) is 2.25. The van der Waals surface area contributed by atoms with E-state index in [0.29, 0.717) is 6.42 Å². The first-order chi connectivity index (χ1) is 5.20. The van der Waals surface area contributed by atoms with Crippen LogP contribution in [0.25, 0.3) is 0 Å². The highest BCUT2D eigenvalue weighted by molar-refractivity contribution is 7.92. The fourth-order valence-corrected chi connectivity index (χ4v) is 2.75. The Labute approximate surface area is 68.2 Å². The molecule has 0 aliphatic carbocycles. The van der Waals surface area contributed by atoms with Crippen molar-refractivity contribution in [3.63, 3.8) is 0 Å². The van der Waals surface area contributed by atoms with E-state index in [4.69, 9.17) is 0 Å². The minimum Gasteiger partial charge on any atom is -0.614 e. The van der Waals surface area contributed by atoms with Gasteiger partial charge < -0.3 is 4.55 Å². The van der Waals surface area contributed by atoms with E-state index in [1.54, 1.807) is 11.1 Å². The fraction of sp³-hybridized carbons (Fsp3) is 0.571. The molecule has 0 aromatic carbocycles. The number of carbonyl (C=O) groups excluding carboxylic acids is 1. The van der Waals surface area contributed by atoms with Crippen LogP contribution in [0.5, 0.6) is 0 Å². The molecule has 0 bridgehead atoms. The van der Waals surface area contributed by atoms with Crippen LogP contribution >= 0.6 is 0 Å². The lowest BCUT2D eigenvalue weighted by atomic mass is 10.2. The fourth-order valence-electron chi connectivity index (χ4n) is 1.31. The molecule has 0 spiro atoms. The molecule has 4 heteroatoms. The molecule has 0 saturated carbocycles. The number of nitrogens with zero attached hydrogens (tertiary/aromatic N) is 1. The molecule has 0 radical (unpaired) electrons. The Balaban J connectivity index is 2.20. The summed E-state index contributed by atoms with van der Waals surface area (Å²) in [5, 5.41) is 0.0758. The molecule has 1 amide bonds. The number of β-lactam (4-membered cyclic amide) rings is 1. The minimum atomic E-state index is -0.875. The normalized spacial score (nSPS) is 41.8. The third-order valence-corrected chi connectivity index (χ3v) is 3.92. The van der Waals surface area contributed by atoms with Crippen LogP contribution in [0.4, 0.5) is 0 Å². The molecule has 3 nitrogen and oxygen atoms in total. The van der Waals surface area contributed by atoms with Gasteiger partial charge in [-0.25, -0.2) is 0 Å². The molecule has 2 heterocycles. The number of fused-ring (bicyclic) bond motifs is 1. The van der Waals surface area contributed by atoms with Gasteiger partial charge in [-0.3, -0.25) is 9.69 Å². The molecule has 3 atom stereocenters. The van der Waals surface area contributed by atoms with Crippen molar-refractivity contribution in [1.82, 2.24) is 4.90 Å². The molecule has 2 rings (SSSR count). The molecule has 2 aliphatic rings. The average Bonchev–Trinajstić information content (AvgIpc) is 1.96. The largest absolute Gasteiger partial charge is 0.614 e. The van der Waals surface area contributed by atoms with E-state index in [9.17, 15) is 9.35 Å². The predicted molar refractivity (Wildman–Crippen MR) is 42.0 cm³/mol. The third kappa shape index (κ3) is 0.895. The average molecular weight is 171 g/mol. The van der Waals surface area contributed by atoms with Crippen LogP contribution in [0.15, 0.2) is 12.3 Å². The summed E-state index contributed by atoms with van der Waals surface area (Å²) < 4.78 is 11.4. The quantitative estimate of drug-likeness (QED) is 0.386. The first-order valence-electron chi connectivity index (χ1n) is 3.59. The Morgan fingerprint density at radius 1 is 1.82 bits per heavy atom. The van der Waals surface area contributed by atoms with Gasteiger partial charge in [0.15, 0.2) is 0 Å². The second-order valence-corrected chi connectivity index (χ2v) is 4.78. The van der Waals surface area contributed by atoms with Gasteiger partial charge in [0.1, 0.15) is 5.25 Å². The van der Waals surface area contributed by atoms with E-state index in [-0.39, 0.29) is 16.5 Å². The third-order valence-electron chi connectivity index (χ3n) is 2.10. The second-order valence-electron chi connectivity index (χ2n) is 2.83. The summed E-state index contributed by atoms with van der Waals surface area (Å²) in [7, 11) is 0. The Hall–Kier alpha value is -0.480. The molecular formula is C7H9NO2S. The van der Waals surface area contributed by atoms with Crippen LogP contribution in [0.3, 0.4) is 0 Å². The lowest BCUT2D eigenvalue weighted by Crippen LogP contribution is -2.57. The number of hydrogen-bond donors (Lipinski definition) is 0. The highest BCUT2D eigenvalue weighted by atomic mass is 32.2. The van der Waals surface area contributed by atoms with Crippen molar-refractivity contribution in [1.29, 1.82) is 0 Å². The highest BCUT2D eigenvalue weighted by Crippen LogP contribution is 2.31. The van der Waals surface area contributed by atoms with Crippen molar-refractivity contribution >= 4 is 17.1 Å². The molecule has 60 valence electrons. The minimum absolute atomic E-state index is 0.0255. The summed E-state index contributed by atoms with van der Waals surface area (Å²) in [4.78, 5) is 12.4. The van der Waals surface area contributed by atoms with Crippen molar-refractivity contribution in [2.45, 2.75) is 24.0 Å². The zero-order valence-corrected chi connectivity index (χ0v) is 7.00. The Morgan fingerprint density at radius 3 is 3.18 bits per heavy atom. The zero-order valence-electron chi connectivity index (χ0n) is 6.19. The monoisotopic (exact) mass is 171 g/mol. The Bertz CT molecular complexity index is 228. The van der Waals surface area contributed by atoms with Crippen LogP contribution in [0.2, 0.25) is 0 Å². The standard InChI is InChI=1S/C7H9NO2S/c1-5-2-3-8-6(9)4-7(8)11(5)10/h2-3,5,7H,4H2,1H3/t5?,7-,11?/m1/s1. The molecule has 0 aromatic heterocycles. The van der Waals surface area contributed by atoms with Crippen LogP contribution in [-0.2, 0) is 16.0 Å². The van der Waals surface area contributed by atoms with Crippen LogP contribution < -0.4 is 0 Å². The summed E-state index contributed by atoms with van der Waals surface area (Å²) in [6, 6.07) is 0. The van der Waals surface area contributed by atoms with Gasteiger partial charge in [-0.1, -0.05) is 0 Å². The van der Waals surface area contributed by atoms with Gasteiger partial charge >= 0.3 is 0 Å². The first-order valence-corrected chi connectivity index (χ1v) is 4.86. The van der Waals surface area contributed by atoms with Gasteiger partial charge in [0.05, 0.1) is 6.42 Å². The molecule has 0 N–H and O–H groups in total. The maximum Gasteiger partial charge on any atom is 0.237 e. The molecule has 2 unspecified atom stereocenters. The highest BCUT2D eigenvalue weighted by Gasteiger charge is 2.47. The number of amides is 1. The Morgan fingerprint density at radius 2 is 2.55 bits per heavy atom. The number of carbonyl (C=O) groups is 1. The molecule has 2 aliphatic heterocycles. The smallest absolute Gasteiger partial charge is 0.237 e. The van der Waals surface area contributed by atoms with E-state index in [0.717, 1.165) is 0 Å². The van der Waals surface area contributed by atoms with Crippen molar-refractivity contribution in [3.05, 3.63) is 12.3 Å². The van der Waals surface area contributed by atoms with Gasteiger partial charge in [-0.2, -0.15) is 0 Å². The lowest BCUT2D eigenvalue weighted by Gasteiger charge is -2.42. The maximum absolute atomic E-state index is 11.4. The van der Waals surface area contributed by atoms with E-state index >= 15 is 0 Å². The number of hydrogen-bond acceptors (Lipinski definition) is 2. The van der Waals surface area contributed by atoms with E-state index < -0.39 is 11.2 Å². The molecular weight excluding hydrogens is 162 g/mol. The van der Waals surface area contributed by atoms with Crippen molar-refractivity contribution in [2.75, 3.05) is 0 Å². The van der Waals surface area contributed by atoms with E-state index in [1.807, 2.05) is 13.0 Å². The predicted octanol–water partition coefficient (Wildman–Crippen LogP) is 0.209. The zero-order chi connectivity index (χ0) is 8.01. The number of rotatable bonds is 0. The van der Waals surface area contributed by atoms with Crippen molar-refractivity contribution in [3.8, 4) is 0 Å². The summed E-state index contributed by atoms with van der Waals surface area (Å²) in [6.45, 7) is 1.91. The van der Waals surface area contributed by atoms with Crippen LogP contribution in [-0.4, -0.2) is 26.0 Å². The van der Waals surface area contributed by atoms with Gasteiger partial charge in [-0.05, 0) is 24.2 Å². The molecule has 1 fully saturated rings. The van der Waals surface area contributed by atoms with Crippen molar-refractivity contribution < 1.29 is 9.35 Å². The Kier molecular flexibility index (Phi) is 1.47. The van der Waals surface area contributed by atoms with Crippen LogP contribution in [0, 0.1) is 0 Å². The summed E-state index contributed by atoms with van der Waals surface area (Å²) >= 11 is -0.875. The molecule has 1 saturated heterocycles. The summed E-state index contributed by atoms with van der Waals surface area (Å²) in [5.41, 5.74) is 0. The van der Waals surface area contributed by atoms with E-state index in [2.05, 4.69) is 0 Å². The van der Waals surface area contributed by atoms with Gasteiger partial charge in [-0.15, -0.1) is 0 Å². The van der Waals surface area contributed by atoms with Gasteiger partial charge in [0.2, 0.25) is 11.3 Å². The summed E-state index contributed by atoms with van der Waals surface area (Å²) in [6.07, 6.45) is 4.04.